The fraction of sp³-hybridized carbons (Fsp3) is 0.0857. The molecule has 0 N–H and O–H groups in total. The van der Waals surface area contributed by atoms with Crippen LogP contribution in [0.1, 0.15) is 0 Å². The molecule has 7 rings (SSSR count). The van der Waals surface area contributed by atoms with E-state index in [4.69, 9.17) is 4.42 Å². The van der Waals surface area contributed by atoms with Crippen molar-refractivity contribution in [1.29, 1.82) is 0 Å². The van der Waals surface area contributed by atoms with Crippen molar-refractivity contribution in [3.63, 3.8) is 0 Å². The lowest BCUT2D eigenvalue weighted by molar-refractivity contribution is 0.670. The Morgan fingerprint density at radius 3 is 1.84 bits per heavy atom. The zero-order valence-electron chi connectivity index (χ0n) is 21.9. The normalized spacial score (nSPS) is 12.1. The third-order valence-electron chi connectivity index (χ3n) is 7.57. The maximum absolute atomic E-state index is 6.57. The molecule has 1 aromatic heterocycles. The predicted octanol–water partition coefficient (Wildman–Crippen LogP) is 9.91. The van der Waals surface area contributed by atoms with Crippen LogP contribution in [0.25, 0.3) is 43.5 Å². The Kier molecular flexibility index (Phi) is 5.17. The lowest BCUT2D eigenvalue weighted by Crippen LogP contribution is -2.37. The third kappa shape index (κ3) is 3.70. The van der Waals surface area contributed by atoms with Crippen molar-refractivity contribution < 1.29 is 4.42 Å². The van der Waals surface area contributed by atoms with E-state index in [0.29, 0.717) is 0 Å². The van der Waals surface area contributed by atoms with Crippen molar-refractivity contribution in [2.75, 3.05) is 4.90 Å². The minimum Gasteiger partial charge on any atom is -0.456 e. The van der Waals surface area contributed by atoms with Gasteiger partial charge in [-0.1, -0.05) is 104 Å². The van der Waals surface area contributed by atoms with Gasteiger partial charge >= 0.3 is 0 Å². The van der Waals surface area contributed by atoms with Crippen LogP contribution in [-0.4, -0.2) is 8.07 Å². The highest BCUT2D eigenvalue weighted by molar-refractivity contribution is 6.88. The predicted molar refractivity (Wildman–Crippen MR) is 166 cm³/mol. The number of fused-ring (bicyclic) bond motifs is 6. The monoisotopic (exact) mass is 507 g/mol. The van der Waals surface area contributed by atoms with Gasteiger partial charge in [-0.05, 0) is 52.6 Å². The summed E-state index contributed by atoms with van der Waals surface area (Å²) >= 11 is 0. The van der Waals surface area contributed by atoms with E-state index < -0.39 is 8.07 Å². The van der Waals surface area contributed by atoms with Gasteiger partial charge in [0.1, 0.15) is 11.2 Å². The van der Waals surface area contributed by atoms with Crippen LogP contribution >= 0.6 is 0 Å². The van der Waals surface area contributed by atoms with Gasteiger partial charge in [-0.25, -0.2) is 0 Å². The van der Waals surface area contributed by atoms with E-state index in [0.717, 1.165) is 33.6 Å². The molecule has 0 saturated heterocycles. The van der Waals surface area contributed by atoms with Gasteiger partial charge in [-0.15, -0.1) is 0 Å². The molecule has 7 aromatic rings. The fourth-order valence-corrected chi connectivity index (χ4v) is 6.77. The number of benzene rings is 6. The summed E-state index contributed by atoms with van der Waals surface area (Å²) in [6, 6.07) is 43.7. The molecule has 0 fully saturated rings. The fourth-order valence-electron chi connectivity index (χ4n) is 5.61. The van der Waals surface area contributed by atoms with E-state index in [2.05, 4.69) is 146 Å². The first kappa shape index (κ1) is 22.8. The Morgan fingerprint density at radius 1 is 0.526 bits per heavy atom. The Hall–Kier alpha value is -4.34. The second kappa shape index (κ2) is 8.61. The van der Waals surface area contributed by atoms with Gasteiger partial charge in [0, 0.05) is 33.6 Å². The molecule has 0 atom stereocenters. The average Bonchev–Trinajstić information content (AvgIpc) is 3.29. The van der Waals surface area contributed by atoms with Crippen LogP contribution in [0.2, 0.25) is 19.6 Å². The lowest BCUT2D eigenvalue weighted by Gasteiger charge is -2.28. The summed E-state index contributed by atoms with van der Waals surface area (Å²) in [5, 5.41) is 8.61. The highest BCUT2D eigenvalue weighted by atomic mass is 28.3. The van der Waals surface area contributed by atoms with Crippen molar-refractivity contribution in [2.24, 2.45) is 0 Å². The van der Waals surface area contributed by atoms with E-state index in [9.17, 15) is 0 Å². The summed E-state index contributed by atoms with van der Waals surface area (Å²) in [4.78, 5) is 2.36. The van der Waals surface area contributed by atoms with Crippen molar-refractivity contribution in [3.05, 3.63) is 121 Å². The van der Waals surface area contributed by atoms with E-state index in [1.807, 2.05) is 0 Å². The minimum absolute atomic E-state index is 0.906. The first-order valence-corrected chi connectivity index (χ1v) is 16.7. The summed E-state index contributed by atoms with van der Waals surface area (Å²) in [5.41, 5.74) is 5.21. The summed E-state index contributed by atoms with van der Waals surface area (Å²) < 4.78 is 6.57. The Balaban J connectivity index is 1.53. The molecule has 2 nitrogen and oxygen atoms in total. The van der Waals surface area contributed by atoms with Gasteiger partial charge in [0.2, 0.25) is 0 Å². The van der Waals surface area contributed by atoms with Gasteiger partial charge in [-0.2, -0.15) is 0 Å². The molecule has 0 amide bonds. The number of para-hydroxylation sites is 1. The molecule has 184 valence electrons. The average molecular weight is 508 g/mol. The molecule has 1 heterocycles. The first-order chi connectivity index (χ1) is 18.5. The topological polar surface area (TPSA) is 16.4 Å². The van der Waals surface area contributed by atoms with Gasteiger partial charge in [0.25, 0.3) is 0 Å². The summed E-state index contributed by atoms with van der Waals surface area (Å²) in [5.74, 6) is 0. The molecular weight excluding hydrogens is 478 g/mol. The SMILES string of the molecule is C[Si](C)(C)c1ccc(N(c2ccccc2)c2cc3oc4cc5ccccc5cc4c3c3ccccc23)cc1. The Bertz CT molecular complexity index is 1950. The molecule has 0 saturated carbocycles. The molecule has 0 bridgehead atoms. The van der Waals surface area contributed by atoms with Gasteiger partial charge in [0.05, 0.1) is 13.8 Å². The minimum atomic E-state index is -1.40. The largest absolute Gasteiger partial charge is 0.456 e. The van der Waals surface area contributed by atoms with Gasteiger partial charge in [-0.3, -0.25) is 0 Å². The van der Waals surface area contributed by atoms with Crippen LogP contribution in [0.4, 0.5) is 17.1 Å². The molecule has 6 aromatic carbocycles. The highest BCUT2D eigenvalue weighted by Gasteiger charge is 2.21. The summed E-state index contributed by atoms with van der Waals surface area (Å²) in [7, 11) is -1.40. The number of nitrogens with zero attached hydrogens (tertiary/aromatic N) is 1. The molecule has 0 spiro atoms. The zero-order valence-corrected chi connectivity index (χ0v) is 22.9. The summed E-state index contributed by atoms with van der Waals surface area (Å²) in [6.45, 7) is 7.18. The Labute approximate surface area is 223 Å². The van der Waals surface area contributed by atoms with Crippen LogP contribution in [0, 0.1) is 0 Å². The molecule has 3 heteroatoms. The Morgan fingerprint density at radius 2 is 1.13 bits per heavy atom. The molecule has 0 radical (unpaired) electrons. The van der Waals surface area contributed by atoms with Crippen molar-refractivity contribution in [1.82, 2.24) is 0 Å². The van der Waals surface area contributed by atoms with Gasteiger partial charge < -0.3 is 9.32 Å². The second-order valence-corrected chi connectivity index (χ2v) is 16.2. The van der Waals surface area contributed by atoms with E-state index in [1.165, 1.54) is 32.1 Å². The first-order valence-electron chi connectivity index (χ1n) is 13.2. The molecule has 0 aliphatic carbocycles. The number of hydrogen-bond acceptors (Lipinski definition) is 2. The van der Waals surface area contributed by atoms with Crippen LogP contribution in [0.3, 0.4) is 0 Å². The van der Waals surface area contributed by atoms with Crippen molar-refractivity contribution in [3.8, 4) is 0 Å². The molecule has 0 aliphatic heterocycles. The summed E-state index contributed by atoms with van der Waals surface area (Å²) in [6.07, 6.45) is 0. The van der Waals surface area contributed by atoms with Crippen LogP contribution in [0.5, 0.6) is 0 Å². The number of furan rings is 1. The molecule has 38 heavy (non-hydrogen) atoms. The van der Waals surface area contributed by atoms with E-state index in [-0.39, 0.29) is 0 Å². The standard InChI is InChI=1S/C35H29NOSi/c1-38(2,3)28-19-17-27(18-20-28)36(26-13-5-4-6-14-26)32-23-34-35(30-16-10-9-15-29(30)32)31-21-24-11-7-8-12-25(24)22-33(31)37-34/h4-23H,1-3H3. The number of anilines is 3. The maximum atomic E-state index is 6.57. The third-order valence-corrected chi connectivity index (χ3v) is 9.64. The maximum Gasteiger partial charge on any atom is 0.138 e. The number of hydrogen-bond donors (Lipinski definition) is 0. The van der Waals surface area contributed by atoms with Gasteiger partial charge in [0.15, 0.2) is 0 Å². The quantitative estimate of drug-likeness (QED) is 0.220. The molecular formula is C35H29NOSi. The van der Waals surface area contributed by atoms with Crippen LogP contribution in [0.15, 0.2) is 126 Å². The smallest absolute Gasteiger partial charge is 0.138 e. The number of rotatable bonds is 4. The second-order valence-electron chi connectivity index (χ2n) is 11.1. The van der Waals surface area contributed by atoms with E-state index >= 15 is 0 Å². The zero-order chi connectivity index (χ0) is 25.9. The van der Waals surface area contributed by atoms with Crippen LogP contribution < -0.4 is 10.1 Å². The van der Waals surface area contributed by atoms with Crippen LogP contribution in [-0.2, 0) is 0 Å². The lowest BCUT2D eigenvalue weighted by atomic mass is 9.99. The van der Waals surface area contributed by atoms with E-state index in [1.54, 1.807) is 0 Å². The molecule has 0 unspecified atom stereocenters. The highest BCUT2D eigenvalue weighted by Crippen LogP contribution is 2.44. The molecule has 0 aliphatic rings. The van der Waals surface area contributed by atoms with Crippen molar-refractivity contribution >= 4 is 73.8 Å². The van der Waals surface area contributed by atoms with Crippen molar-refractivity contribution in [2.45, 2.75) is 19.6 Å².